The van der Waals surface area contributed by atoms with Crippen molar-refractivity contribution in [1.82, 2.24) is 0 Å². The summed E-state index contributed by atoms with van der Waals surface area (Å²) >= 11 is 1.89. The Hall–Kier alpha value is -0.240. The lowest BCUT2D eigenvalue weighted by Gasteiger charge is -2.05. The molecule has 2 heteroatoms. The van der Waals surface area contributed by atoms with Crippen molar-refractivity contribution < 1.29 is 0 Å². The van der Waals surface area contributed by atoms with E-state index < -0.39 is 0 Å². The van der Waals surface area contributed by atoms with Crippen molar-refractivity contribution in [1.29, 1.82) is 0 Å². The molecule has 0 aromatic rings. The van der Waals surface area contributed by atoms with Crippen LogP contribution in [0.1, 0.15) is 13.3 Å². The maximum atomic E-state index is 4.39. The zero-order chi connectivity index (χ0) is 7.40. The van der Waals surface area contributed by atoms with Crippen molar-refractivity contribution in [3.05, 3.63) is 12.7 Å². The Morgan fingerprint density at radius 3 is 3.20 bits per heavy atom. The van der Waals surface area contributed by atoms with Gasteiger partial charge in [0.15, 0.2) is 0 Å². The smallest absolute Gasteiger partial charge is 0.0708 e. The molecule has 0 spiro atoms. The molecule has 1 aliphatic heterocycles. The summed E-state index contributed by atoms with van der Waals surface area (Å²) in [4.78, 5) is 4.39. The summed E-state index contributed by atoms with van der Waals surface area (Å²) in [5.41, 5.74) is 0. The number of rotatable bonds is 3. The van der Waals surface area contributed by atoms with E-state index in [0.29, 0.717) is 5.92 Å². The highest BCUT2D eigenvalue weighted by Crippen LogP contribution is 2.20. The molecule has 56 valence electrons. The van der Waals surface area contributed by atoms with Crippen LogP contribution in [0.2, 0.25) is 0 Å². The van der Waals surface area contributed by atoms with Gasteiger partial charge in [-0.25, -0.2) is 0 Å². The first-order valence-corrected chi connectivity index (χ1v) is 4.61. The molecule has 1 heterocycles. The van der Waals surface area contributed by atoms with E-state index in [9.17, 15) is 0 Å². The predicted octanol–water partition coefficient (Wildman–Crippen LogP) is 2.34. The number of thioether (sulfide) groups is 1. The summed E-state index contributed by atoms with van der Waals surface area (Å²) in [6.45, 7) is 6.93. The van der Waals surface area contributed by atoms with Gasteiger partial charge in [0.25, 0.3) is 0 Å². The van der Waals surface area contributed by atoms with Gasteiger partial charge in [-0.1, -0.05) is 13.0 Å². The second-order valence-corrected chi connectivity index (χ2v) is 3.61. The van der Waals surface area contributed by atoms with Gasteiger partial charge in [0.2, 0.25) is 0 Å². The first-order chi connectivity index (χ1) is 4.84. The summed E-state index contributed by atoms with van der Waals surface area (Å²) in [5, 5.41) is 1.32. The molecule has 0 fully saturated rings. The van der Waals surface area contributed by atoms with Crippen LogP contribution in [-0.2, 0) is 0 Å². The van der Waals surface area contributed by atoms with Gasteiger partial charge in [-0.15, -0.1) is 18.3 Å². The van der Waals surface area contributed by atoms with Crippen molar-refractivity contribution >= 4 is 16.8 Å². The van der Waals surface area contributed by atoms with Crippen molar-refractivity contribution in [2.75, 3.05) is 12.3 Å². The Balaban J connectivity index is 2.39. The highest BCUT2D eigenvalue weighted by atomic mass is 32.2. The average Bonchev–Trinajstić information content (AvgIpc) is 2.38. The molecule has 1 rings (SSSR count). The minimum absolute atomic E-state index is 0.602. The van der Waals surface area contributed by atoms with Gasteiger partial charge < -0.3 is 0 Å². The first kappa shape index (κ1) is 7.86. The number of nitrogens with zero attached hydrogens (tertiary/aromatic N) is 1. The normalized spacial score (nSPS) is 20.3. The largest absolute Gasteiger partial charge is 0.282 e. The van der Waals surface area contributed by atoms with Gasteiger partial charge in [0, 0.05) is 18.2 Å². The zero-order valence-corrected chi connectivity index (χ0v) is 7.16. The van der Waals surface area contributed by atoms with E-state index in [0.717, 1.165) is 13.0 Å². The fourth-order valence-electron chi connectivity index (χ4n) is 1.00. The second kappa shape index (κ2) is 3.81. The molecule has 0 aromatic heterocycles. The number of aliphatic imine (C=N–C) groups is 1. The Morgan fingerprint density at radius 1 is 1.90 bits per heavy atom. The van der Waals surface area contributed by atoms with Crippen LogP contribution in [0.15, 0.2) is 17.6 Å². The van der Waals surface area contributed by atoms with Crippen LogP contribution < -0.4 is 0 Å². The van der Waals surface area contributed by atoms with Crippen LogP contribution in [0.4, 0.5) is 0 Å². The molecule has 0 saturated heterocycles. The van der Waals surface area contributed by atoms with Gasteiger partial charge in [-0.05, 0) is 6.42 Å². The molecule has 1 aliphatic rings. The van der Waals surface area contributed by atoms with E-state index in [1.807, 2.05) is 17.8 Å². The Bertz CT molecular complexity index is 151. The van der Waals surface area contributed by atoms with Crippen LogP contribution in [0.5, 0.6) is 0 Å². The Kier molecular flexibility index (Phi) is 3.00. The quantitative estimate of drug-likeness (QED) is 0.570. The SMILES string of the molecule is C=CC[C@@H](C)C1=NCCS1. The standard InChI is InChI=1S/C8H13NS/c1-3-4-7(2)8-9-5-6-10-8/h3,7H,1,4-6H2,2H3/t7-/m1/s1. The molecule has 0 amide bonds. The van der Waals surface area contributed by atoms with E-state index in [2.05, 4.69) is 18.5 Å². The van der Waals surface area contributed by atoms with Gasteiger partial charge >= 0.3 is 0 Å². The van der Waals surface area contributed by atoms with Crippen molar-refractivity contribution in [2.24, 2.45) is 10.9 Å². The minimum Gasteiger partial charge on any atom is -0.282 e. The van der Waals surface area contributed by atoms with Crippen LogP contribution in [-0.4, -0.2) is 17.3 Å². The molecule has 1 nitrogen and oxygen atoms in total. The summed E-state index contributed by atoms with van der Waals surface area (Å²) in [6.07, 6.45) is 3.03. The molecular formula is C8H13NS. The van der Waals surface area contributed by atoms with Gasteiger partial charge in [0.1, 0.15) is 0 Å². The van der Waals surface area contributed by atoms with E-state index in [1.54, 1.807) is 0 Å². The number of hydrogen-bond donors (Lipinski definition) is 0. The third-order valence-corrected chi connectivity index (χ3v) is 2.76. The maximum Gasteiger partial charge on any atom is 0.0708 e. The van der Waals surface area contributed by atoms with Crippen molar-refractivity contribution in [3.8, 4) is 0 Å². The highest BCUT2D eigenvalue weighted by molar-refractivity contribution is 8.14. The molecule has 0 saturated carbocycles. The Labute approximate surface area is 66.6 Å². The van der Waals surface area contributed by atoms with Crippen molar-refractivity contribution in [2.45, 2.75) is 13.3 Å². The molecule has 0 radical (unpaired) electrons. The summed E-state index contributed by atoms with van der Waals surface area (Å²) in [5.74, 6) is 1.78. The molecular weight excluding hydrogens is 142 g/mol. The minimum atomic E-state index is 0.602. The van der Waals surface area contributed by atoms with Crippen molar-refractivity contribution in [3.63, 3.8) is 0 Å². The van der Waals surface area contributed by atoms with Crippen LogP contribution in [0, 0.1) is 5.92 Å². The molecule has 0 N–H and O–H groups in total. The Morgan fingerprint density at radius 2 is 2.70 bits per heavy atom. The van der Waals surface area contributed by atoms with E-state index in [-0.39, 0.29) is 0 Å². The average molecular weight is 155 g/mol. The molecule has 0 unspecified atom stereocenters. The fourth-order valence-corrected chi connectivity index (χ4v) is 1.96. The predicted molar refractivity (Wildman–Crippen MR) is 48.7 cm³/mol. The third-order valence-electron chi connectivity index (χ3n) is 1.55. The molecule has 0 bridgehead atoms. The highest BCUT2D eigenvalue weighted by Gasteiger charge is 2.12. The molecule has 0 aromatic carbocycles. The van der Waals surface area contributed by atoms with Gasteiger partial charge in [0.05, 0.1) is 5.04 Å². The number of hydrogen-bond acceptors (Lipinski definition) is 2. The first-order valence-electron chi connectivity index (χ1n) is 3.62. The maximum absolute atomic E-state index is 4.39. The summed E-state index contributed by atoms with van der Waals surface area (Å²) in [6, 6.07) is 0. The summed E-state index contributed by atoms with van der Waals surface area (Å²) < 4.78 is 0. The van der Waals surface area contributed by atoms with E-state index in [1.165, 1.54) is 10.8 Å². The monoisotopic (exact) mass is 155 g/mol. The van der Waals surface area contributed by atoms with Gasteiger partial charge in [-0.2, -0.15) is 0 Å². The number of allylic oxidation sites excluding steroid dienone is 1. The fraction of sp³-hybridized carbons (Fsp3) is 0.625. The zero-order valence-electron chi connectivity index (χ0n) is 6.34. The molecule has 10 heavy (non-hydrogen) atoms. The lowest BCUT2D eigenvalue weighted by atomic mass is 10.1. The summed E-state index contributed by atoms with van der Waals surface area (Å²) in [7, 11) is 0. The third kappa shape index (κ3) is 1.87. The van der Waals surface area contributed by atoms with E-state index >= 15 is 0 Å². The topological polar surface area (TPSA) is 12.4 Å². The van der Waals surface area contributed by atoms with Crippen LogP contribution in [0.3, 0.4) is 0 Å². The lowest BCUT2D eigenvalue weighted by Crippen LogP contribution is -2.02. The molecule has 1 atom stereocenters. The lowest BCUT2D eigenvalue weighted by molar-refractivity contribution is 0.802. The van der Waals surface area contributed by atoms with E-state index in [4.69, 9.17) is 0 Å². The molecule has 0 aliphatic carbocycles. The van der Waals surface area contributed by atoms with Crippen LogP contribution >= 0.6 is 11.8 Å². The van der Waals surface area contributed by atoms with Crippen LogP contribution in [0.25, 0.3) is 0 Å². The van der Waals surface area contributed by atoms with Gasteiger partial charge in [-0.3, -0.25) is 4.99 Å². The second-order valence-electron chi connectivity index (χ2n) is 2.49.